The summed E-state index contributed by atoms with van der Waals surface area (Å²) in [4.78, 5) is 17.4. The largest absolute Gasteiger partial charge is 0.352 e. The molecule has 2 aliphatic rings. The number of rotatable bonds is 6. The van der Waals surface area contributed by atoms with Gasteiger partial charge in [0.15, 0.2) is 5.82 Å². The highest BCUT2D eigenvalue weighted by molar-refractivity contribution is 5.80. The number of carbonyl (C=O) groups excluding carboxylic acids is 1. The maximum atomic E-state index is 12.7. The number of amides is 1. The average molecular weight is 336 g/mol. The molecule has 2 saturated carbocycles. The first-order valence-corrected chi connectivity index (χ1v) is 9.10. The Labute approximate surface area is 147 Å². The summed E-state index contributed by atoms with van der Waals surface area (Å²) in [6, 6.07) is 10.2. The molecule has 0 radical (unpaired) electrons. The summed E-state index contributed by atoms with van der Waals surface area (Å²) in [5.41, 5.74) is 1.21. The molecule has 5 heteroatoms. The van der Waals surface area contributed by atoms with Crippen LogP contribution in [0.5, 0.6) is 0 Å². The van der Waals surface area contributed by atoms with Crippen LogP contribution in [-0.4, -0.2) is 27.6 Å². The van der Waals surface area contributed by atoms with E-state index in [4.69, 9.17) is 4.98 Å². The molecule has 25 heavy (non-hydrogen) atoms. The first-order chi connectivity index (χ1) is 12.3. The van der Waals surface area contributed by atoms with Crippen molar-refractivity contribution in [2.75, 3.05) is 6.54 Å². The second-order valence-corrected chi connectivity index (χ2v) is 7.22. The zero-order valence-electron chi connectivity index (χ0n) is 14.3. The van der Waals surface area contributed by atoms with Crippen molar-refractivity contribution in [2.24, 2.45) is 17.8 Å². The van der Waals surface area contributed by atoms with E-state index < -0.39 is 0 Å². The van der Waals surface area contributed by atoms with Crippen molar-refractivity contribution in [3.05, 3.63) is 60.2 Å². The lowest BCUT2D eigenvalue weighted by Gasteiger charge is -2.28. The Balaban J connectivity index is 1.53. The molecule has 2 N–H and O–H groups in total. The number of carbonyl (C=O) groups is 1. The van der Waals surface area contributed by atoms with Gasteiger partial charge in [0.2, 0.25) is 5.91 Å². The lowest BCUT2D eigenvalue weighted by molar-refractivity contribution is -0.127. The van der Waals surface area contributed by atoms with Gasteiger partial charge >= 0.3 is 0 Å². The summed E-state index contributed by atoms with van der Waals surface area (Å²) in [5, 5.41) is 10.6. The Morgan fingerprint density at radius 2 is 2.08 bits per heavy atom. The normalized spacial score (nSPS) is 27.4. The van der Waals surface area contributed by atoms with Gasteiger partial charge in [-0.15, -0.1) is 6.58 Å². The number of hydrogen-bond acceptors (Lipinski definition) is 3. The van der Waals surface area contributed by atoms with Gasteiger partial charge in [0.25, 0.3) is 0 Å². The fourth-order valence-corrected chi connectivity index (χ4v) is 4.66. The van der Waals surface area contributed by atoms with Gasteiger partial charge in [-0.2, -0.15) is 5.10 Å². The first kappa shape index (κ1) is 16.1. The van der Waals surface area contributed by atoms with Crippen LogP contribution in [-0.2, 0) is 11.2 Å². The lowest BCUT2D eigenvalue weighted by atomic mass is 9.78. The van der Waals surface area contributed by atoms with Crippen LogP contribution in [0.2, 0.25) is 0 Å². The summed E-state index contributed by atoms with van der Waals surface area (Å²) in [6.07, 6.45) is 5.92. The molecule has 0 spiro atoms. The third-order valence-electron chi connectivity index (χ3n) is 5.70. The molecule has 1 aromatic heterocycles. The van der Waals surface area contributed by atoms with Gasteiger partial charge in [0.1, 0.15) is 5.82 Å². The fraction of sp³-hybridized carbons (Fsp3) is 0.450. The van der Waals surface area contributed by atoms with Gasteiger partial charge in [-0.25, -0.2) is 4.98 Å². The fourth-order valence-electron chi connectivity index (χ4n) is 4.66. The van der Waals surface area contributed by atoms with Crippen LogP contribution in [0.3, 0.4) is 0 Å². The molecule has 1 aromatic carbocycles. The molecular formula is C20H24N4O. The molecule has 1 amide bonds. The predicted molar refractivity (Wildman–Crippen MR) is 95.9 cm³/mol. The Morgan fingerprint density at radius 3 is 2.88 bits per heavy atom. The summed E-state index contributed by atoms with van der Waals surface area (Å²) in [6.45, 7) is 4.20. The smallest absolute Gasteiger partial charge is 0.224 e. The maximum Gasteiger partial charge on any atom is 0.224 e. The molecule has 130 valence electrons. The molecule has 2 aliphatic carbocycles. The van der Waals surface area contributed by atoms with Gasteiger partial charge in [-0.1, -0.05) is 36.4 Å². The van der Waals surface area contributed by atoms with Crippen LogP contribution >= 0.6 is 0 Å². The predicted octanol–water partition coefficient (Wildman–Crippen LogP) is 2.83. The van der Waals surface area contributed by atoms with E-state index in [2.05, 4.69) is 34.2 Å². The van der Waals surface area contributed by atoms with E-state index in [1.807, 2.05) is 18.2 Å². The quantitative estimate of drug-likeness (QED) is 0.797. The number of hydrogen-bond donors (Lipinski definition) is 2. The minimum Gasteiger partial charge on any atom is -0.352 e. The van der Waals surface area contributed by atoms with Crippen LogP contribution in [0.15, 0.2) is 43.0 Å². The number of H-pyrrole nitrogens is 1. The van der Waals surface area contributed by atoms with Gasteiger partial charge < -0.3 is 5.32 Å². The van der Waals surface area contributed by atoms with Crippen LogP contribution in [0.25, 0.3) is 0 Å². The molecular weight excluding hydrogens is 312 g/mol. The third kappa shape index (κ3) is 3.11. The van der Waals surface area contributed by atoms with Gasteiger partial charge in [-0.3, -0.25) is 9.89 Å². The van der Waals surface area contributed by atoms with Gasteiger partial charge in [0.05, 0.1) is 5.92 Å². The first-order valence-electron chi connectivity index (χ1n) is 9.10. The van der Waals surface area contributed by atoms with Crippen molar-refractivity contribution < 1.29 is 4.79 Å². The standard InChI is InChI=1S/C20H24N4O/c1-2-10-21-20(25)18-15-9-8-14(12-15)17(18)19-22-16(23-24-19)11-13-6-4-3-5-7-13/h2-7,14-15,17-18H,1,8-12H2,(H,21,25)(H,22,23,24)/t14-,15-,17-,18+/m1/s1. The van der Waals surface area contributed by atoms with Crippen molar-refractivity contribution in [1.82, 2.24) is 20.5 Å². The second-order valence-electron chi connectivity index (χ2n) is 7.22. The van der Waals surface area contributed by atoms with Crippen molar-refractivity contribution >= 4 is 5.91 Å². The molecule has 4 atom stereocenters. The Kier molecular flexibility index (Phi) is 4.38. The SMILES string of the molecule is C=CCNC(=O)[C@H]1[C@@H]2CC[C@H](C2)[C@H]1c1n[nH]c(Cc2ccccc2)n1. The summed E-state index contributed by atoms with van der Waals surface area (Å²) < 4.78 is 0. The van der Waals surface area contributed by atoms with Gasteiger partial charge in [0, 0.05) is 18.9 Å². The zero-order chi connectivity index (χ0) is 17.2. The van der Waals surface area contributed by atoms with E-state index in [0.29, 0.717) is 18.4 Å². The van der Waals surface area contributed by atoms with Crippen molar-refractivity contribution in [3.8, 4) is 0 Å². The number of benzene rings is 1. The Bertz CT molecular complexity index is 754. The van der Waals surface area contributed by atoms with Crippen LogP contribution in [0.4, 0.5) is 0 Å². The minimum atomic E-state index is -0.000856. The number of fused-ring (bicyclic) bond motifs is 2. The van der Waals surface area contributed by atoms with Crippen LogP contribution < -0.4 is 5.32 Å². The van der Waals surface area contributed by atoms with E-state index >= 15 is 0 Å². The van der Waals surface area contributed by atoms with E-state index in [1.165, 1.54) is 12.0 Å². The lowest BCUT2D eigenvalue weighted by Crippen LogP contribution is -2.37. The van der Waals surface area contributed by atoms with Crippen molar-refractivity contribution in [3.63, 3.8) is 0 Å². The van der Waals surface area contributed by atoms with E-state index in [9.17, 15) is 4.79 Å². The maximum absolute atomic E-state index is 12.7. The topological polar surface area (TPSA) is 70.7 Å². The third-order valence-corrected chi connectivity index (χ3v) is 5.70. The monoisotopic (exact) mass is 336 g/mol. The van der Waals surface area contributed by atoms with Crippen LogP contribution in [0.1, 0.15) is 42.4 Å². The number of aromatic amines is 1. The van der Waals surface area contributed by atoms with Crippen molar-refractivity contribution in [2.45, 2.75) is 31.6 Å². The molecule has 0 saturated heterocycles. The number of nitrogens with zero attached hydrogens (tertiary/aromatic N) is 2. The number of nitrogens with one attached hydrogen (secondary N) is 2. The van der Waals surface area contributed by atoms with E-state index in [0.717, 1.165) is 30.9 Å². The molecule has 4 rings (SSSR count). The second kappa shape index (κ2) is 6.82. The van der Waals surface area contributed by atoms with E-state index in [-0.39, 0.29) is 17.7 Å². The molecule has 0 unspecified atom stereocenters. The molecule has 2 fully saturated rings. The van der Waals surface area contributed by atoms with Crippen molar-refractivity contribution in [1.29, 1.82) is 0 Å². The highest BCUT2D eigenvalue weighted by atomic mass is 16.1. The molecule has 2 aromatic rings. The molecule has 1 heterocycles. The summed E-state index contributed by atoms with van der Waals surface area (Å²) >= 11 is 0. The Morgan fingerprint density at radius 1 is 1.28 bits per heavy atom. The molecule has 5 nitrogen and oxygen atoms in total. The van der Waals surface area contributed by atoms with E-state index in [1.54, 1.807) is 6.08 Å². The van der Waals surface area contributed by atoms with Crippen LogP contribution in [0, 0.1) is 17.8 Å². The molecule has 2 bridgehead atoms. The van der Waals surface area contributed by atoms with Gasteiger partial charge in [-0.05, 0) is 36.7 Å². The highest BCUT2D eigenvalue weighted by Crippen LogP contribution is 2.56. The average Bonchev–Trinajstić information content (AvgIpc) is 3.36. The summed E-state index contributed by atoms with van der Waals surface area (Å²) in [7, 11) is 0. The highest BCUT2D eigenvalue weighted by Gasteiger charge is 2.52. The zero-order valence-corrected chi connectivity index (χ0v) is 14.3. The minimum absolute atomic E-state index is 0.000856. The molecule has 0 aliphatic heterocycles. The summed E-state index contributed by atoms with van der Waals surface area (Å²) in [5.74, 6) is 2.96. The Hall–Kier alpha value is -2.43. The number of aromatic nitrogens is 3.